The Morgan fingerprint density at radius 2 is 1.92 bits per heavy atom. The Morgan fingerprint density at radius 3 is 2.73 bits per heavy atom. The normalized spacial score (nSPS) is 15.9. The molecule has 6 nitrogen and oxygen atoms in total. The first-order valence-electron chi connectivity index (χ1n) is 8.21. The third kappa shape index (κ3) is 2.96. The van der Waals surface area contributed by atoms with Crippen molar-refractivity contribution in [2.75, 3.05) is 10.7 Å². The van der Waals surface area contributed by atoms with Crippen molar-refractivity contribution in [3.05, 3.63) is 59.9 Å². The summed E-state index contributed by atoms with van der Waals surface area (Å²) in [6.45, 7) is 2.03. The zero-order valence-electron chi connectivity index (χ0n) is 14.0. The number of tetrazole rings is 1. The molecule has 2 heterocycles. The predicted molar refractivity (Wildman–Crippen MR) is 96.9 cm³/mol. The van der Waals surface area contributed by atoms with E-state index in [1.165, 1.54) is 28.1 Å². The molecular formula is C18H16FN5OS. The van der Waals surface area contributed by atoms with Crippen molar-refractivity contribution in [2.24, 2.45) is 0 Å². The van der Waals surface area contributed by atoms with Crippen LogP contribution < -0.4 is 4.90 Å². The number of benzene rings is 2. The van der Waals surface area contributed by atoms with E-state index in [1.54, 1.807) is 18.2 Å². The molecule has 1 amide bonds. The first-order valence-corrected chi connectivity index (χ1v) is 9.20. The number of carbonyl (C=O) groups excluding carboxylic acids is 1. The highest BCUT2D eigenvalue weighted by Crippen LogP contribution is 2.32. The van der Waals surface area contributed by atoms with Gasteiger partial charge in [0.15, 0.2) is 0 Å². The summed E-state index contributed by atoms with van der Waals surface area (Å²) in [4.78, 5) is 14.6. The molecule has 0 bridgehead atoms. The molecule has 1 aliphatic rings. The summed E-state index contributed by atoms with van der Waals surface area (Å²) in [6.07, 6.45) is 0.847. The number of hydrogen-bond acceptors (Lipinski definition) is 5. The van der Waals surface area contributed by atoms with Gasteiger partial charge in [0, 0.05) is 11.7 Å². The summed E-state index contributed by atoms with van der Waals surface area (Å²) in [6, 6.07) is 14.3. The fourth-order valence-corrected chi connectivity index (χ4v) is 3.93. The molecule has 26 heavy (non-hydrogen) atoms. The lowest BCUT2D eigenvalue weighted by Crippen LogP contribution is -2.37. The van der Waals surface area contributed by atoms with Crippen molar-refractivity contribution < 1.29 is 9.18 Å². The quantitative estimate of drug-likeness (QED) is 0.662. The highest BCUT2D eigenvalue weighted by molar-refractivity contribution is 7.99. The summed E-state index contributed by atoms with van der Waals surface area (Å²) in [7, 11) is 0. The molecule has 0 saturated heterocycles. The van der Waals surface area contributed by atoms with E-state index in [-0.39, 0.29) is 23.4 Å². The lowest BCUT2D eigenvalue weighted by molar-refractivity contribution is -0.116. The van der Waals surface area contributed by atoms with Crippen LogP contribution >= 0.6 is 11.8 Å². The maximum Gasteiger partial charge on any atom is 0.237 e. The molecule has 0 aliphatic carbocycles. The topological polar surface area (TPSA) is 63.9 Å². The van der Waals surface area contributed by atoms with Gasteiger partial charge in [-0.1, -0.05) is 42.1 Å². The predicted octanol–water partition coefficient (Wildman–Crippen LogP) is 2.87. The first-order chi connectivity index (χ1) is 12.6. The standard InChI is InChI=1S/C18H16FN5OS/c1-12-10-13-6-2-4-8-15(13)23(12)17(25)11-26-18-20-21-22-24(18)16-9-5-3-7-14(16)19/h2-9,12H,10-11H2,1H3/t12-/m0/s1. The van der Waals surface area contributed by atoms with E-state index in [9.17, 15) is 9.18 Å². The zero-order chi connectivity index (χ0) is 18.1. The fourth-order valence-electron chi connectivity index (χ4n) is 3.19. The lowest BCUT2D eigenvalue weighted by Gasteiger charge is -2.22. The summed E-state index contributed by atoms with van der Waals surface area (Å²) < 4.78 is 15.3. The number of rotatable bonds is 4. The monoisotopic (exact) mass is 369 g/mol. The Morgan fingerprint density at radius 1 is 1.19 bits per heavy atom. The summed E-state index contributed by atoms with van der Waals surface area (Å²) >= 11 is 1.20. The van der Waals surface area contributed by atoms with E-state index in [1.807, 2.05) is 36.1 Å². The molecule has 0 saturated carbocycles. The van der Waals surface area contributed by atoms with Gasteiger partial charge in [-0.2, -0.15) is 4.68 Å². The molecule has 1 aromatic heterocycles. The van der Waals surface area contributed by atoms with Crippen LogP contribution in [-0.4, -0.2) is 37.9 Å². The van der Waals surface area contributed by atoms with Gasteiger partial charge in [0.1, 0.15) is 11.5 Å². The SMILES string of the molecule is C[C@H]1Cc2ccccc2N1C(=O)CSc1nnnn1-c1ccccc1F. The molecule has 0 N–H and O–H groups in total. The van der Waals surface area contributed by atoms with E-state index < -0.39 is 5.82 Å². The van der Waals surface area contributed by atoms with Gasteiger partial charge < -0.3 is 4.90 Å². The van der Waals surface area contributed by atoms with Crippen LogP contribution in [0.1, 0.15) is 12.5 Å². The van der Waals surface area contributed by atoms with Crippen molar-refractivity contribution in [1.82, 2.24) is 20.2 Å². The van der Waals surface area contributed by atoms with Gasteiger partial charge in [-0.25, -0.2) is 4.39 Å². The molecule has 0 fully saturated rings. The molecule has 132 valence electrons. The van der Waals surface area contributed by atoms with Crippen LogP contribution in [0.5, 0.6) is 0 Å². The number of para-hydroxylation sites is 2. The van der Waals surface area contributed by atoms with Crippen LogP contribution in [0.15, 0.2) is 53.7 Å². The Hall–Kier alpha value is -2.74. The van der Waals surface area contributed by atoms with Crippen LogP contribution in [0, 0.1) is 5.82 Å². The second-order valence-electron chi connectivity index (χ2n) is 6.06. The summed E-state index contributed by atoms with van der Waals surface area (Å²) in [5.41, 5.74) is 2.39. The molecular weight excluding hydrogens is 353 g/mol. The lowest BCUT2D eigenvalue weighted by atomic mass is 10.1. The van der Waals surface area contributed by atoms with Crippen molar-refractivity contribution in [2.45, 2.75) is 24.5 Å². The molecule has 0 radical (unpaired) electrons. The minimum Gasteiger partial charge on any atom is -0.308 e. The molecule has 1 aliphatic heterocycles. The average Bonchev–Trinajstić information content (AvgIpc) is 3.23. The van der Waals surface area contributed by atoms with Gasteiger partial charge in [0.05, 0.1) is 5.75 Å². The summed E-state index contributed by atoms with van der Waals surface area (Å²) in [5, 5.41) is 11.8. The van der Waals surface area contributed by atoms with Gasteiger partial charge in [0.25, 0.3) is 0 Å². The molecule has 4 rings (SSSR count). The van der Waals surface area contributed by atoms with E-state index in [2.05, 4.69) is 15.5 Å². The van der Waals surface area contributed by atoms with Crippen LogP contribution in [-0.2, 0) is 11.2 Å². The highest BCUT2D eigenvalue weighted by Gasteiger charge is 2.30. The minimum absolute atomic E-state index is 0.0180. The van der Waals surface area contributed by atoms with Gasteiger partial charge >= 0.3 is 0 Å². The van der Waals surface area contributed by atoms with Crippen LogP contribution in [0.3, 0.4) is 0 Å². The smallest absolute Gasteiger partial charge is 0.237 e. The Kier molecular flexibility index (Phi) is 4.42. The van der Waals surface area contributed by atoms with Gasteiger partial charge in [0.2, 0.25) is 11.1 Å². The molecule has 3 aromatic rings. The number of nitrogens with zero attached hydrogens (tertiary/aromatic N) is 5. The second-order valence-corrected chi connectivity index (χ2v) is 7.00. The number of anilines is 1. The van der Waals surface area contributed by atoms with Crippen molar-refractivity contribution in [3.63, 3.8) is 0 Å². The number of carbonyl (C=O) groups is 1. The van der Waals surface area contributed by atoms with E-state index in [0.717, 1.165) is 12.1 Å². The number of aromatic nitrogens is 4. The fraction of sp³-hybridized carbons (Fsp3) is 0.222. The Balaban J connectivity index is 1.52. The van der Waals surface area contributed by atoms with E-state index in [0.29, 0.717) is 5.16 Å². The average molecular weight is 369 g/mol. The molecule has 1 atom stereocenters. The number of fused-ring (bicyclic) bond motifs is 1. The number of halogens is 1. The zero-order valence-corrected chi connectivity index (χ0v) is 14.9. The first kappa shape index (κ1) is 16.7. The van der Waals surface area contributed by atoms with Crippen LogP contribution in [0.25, 0.3) is 5.69 Å². The van der Waals surface area contributed by atoms with Gasteiger partial charge in [-0.15, -0.1) is 5.10 Å². The Bertz CT molecular complexity index is 960. The number of thioether (sulfide) groups is 1. The largest absolute Gasteiger partial charge is 0.308 e. The second kappa shape index (κ2) is 6.87. The Labute approximate surface area is 154 Å². The maximum atomic E-state index is 14.0. The van der Waals surface area contributed by atoms with Crippen molar-refractivity contribution >= 4 is 23.4 Å². The van der Waals surface area contributed by atoms with Gasteiger partial charge in [-0.05, 0) is 47.5 Å². The molecule has 2 aromatic carbocycles. The number of amides is 1. The van der Waals surface area contributed by atoms with Crippen molar-refractivity contribution in [3.8, 4) is 5.69 Å². The third-order valence-corrected chi connectivity index (χ3v) is 5.23. The molecule has 8 heteroatoms. The molecule has 0 spiro atoms. The van der Waals surface area contributed by atoms with Crippen molar-refractivity contribution in [1.29, 1.82) is 0 Å². The van der Waals surface area contributed by atoms with Crippen LogP contribution in [0.4, 0.5) is 10.1 Å². The maximum absolute atomic E-state index is 14.0. The van der Waals surface area contributed by atoms with E-state index in [4.69, 9.17) is 0 Å². The highest BCUT2D eigenvalue weighted by atomic mass is 32.2. The summed E-state index contributed by atoms with van der Waals surface area (Å²) in [5.74, 6) is -0.265. The minimum atomic E-state index is -0.421. The molecule has 0 unspecified atom stereocenters. The van der Waals surface area contributed by atoms with Crippen LogP contribution in [0.2, 0.25) is 0 Å². The van der Waals surface area contributed by atoms with Gasteiger partial charge in [-0.3, -0.25) is 4.79 Å². The third-order valence-electron chi connectivity index (χ3n) is 4.32. The number of hydrogen-bond donors (Lipinski definition) is 0. The van der Waals surface area contributed by atoms with E-state index >= 15 is 0 Å².